The molecular weight excluding hydrogens is 426 g/mol. The molecule has 174 valence electrons. The van der Waals surface area contributed by atoms with E-state index in [0.717, 1.165) is 44.3 Å². The molecule has 2 heterocycles. The first-order valence-electron chi connectivity index (χ1n) is 11.6. The van der Waals surface area contributed by atoms with Crippen LogP contribution in [0.3, 0.4) is 0 Å². The van der Waals surface area contributed by atoms with Gasteiger partial charge in [0.25, 0.3) is 0 Å². The maximum atomic E-state index is 12.7. The third-order valence-corrected chi connectivity index (χ3v) is 6.20. The van der Waals surface area contributed by atoms with Gasteiger partial charge >= 0.3 is 0 Å². The lowest BCUT2D eigenvalue weighted by Crippen LogP contribution is -2.45. The van der Waals surface area contributed by atoms with E-state index in [4.69, 9.17) is 11.6 Å². The number of amides is 2. The predicted octanol–water partition coefficient (Wildman–Crippen LogP) is 3.93. The number of likely N-dealkylation sites (tertiary alicyclic amines) is 1. The maximum Gasteiger partial charge on any atom is 0.239 e. The van der Waals surface area contributed by atoms with Crippen molar-refractivity contribution in [3.8, 4) is 0 Å². The summed E-state index contributed by atoms with van der Waals surface area (Å²) in [5.74, 6) is 0.595. The van der Waals surface area contributed by atoms with Crippen molar-refractivity contribution in [2.24, 2.45) is 5.92 Å². The van der Waals surface area contributed by atoms with Crippen LogP contribution in [0.25, 0.3) is 0 Å². The molecule has 1 aliphatic rings. The predicted molar refractivity (Wildman–Crippen MR) is 128 cm³/mol. The molecule has 1 aliphatic heterocycles. The first-order valence-corrected chi connectivity index (χ1v) is 12.0. The highest BCUT2D eigenvalue weighted by molar-refractivity contribution is 6.31. The fraction of sp³-hybridized carbons (Fsp3) is 0.542. The Bertz CT molecular complexity index is 885. The Morgan fingerprint density at radius 2 is 2.03 bits per heavy atom. The lowest BCUT2D eigenvalue weighted by Gasteiger charge is -2.31. The number of unbranched alkanes of at least 4 members (excludes halogenated alkanes) is 3. The summed E-state index contributed by atoms with van der Waals surface area (Å²) in [6.07, 6.45) is 8.04. The Morgan fingerprint density at radius 3 is 2.84 bits per heavy atom. The number of carbonyl (C=O) groups excluding carboxylic acids is 2. The van der Waals surface area contributed by atoms with Crippen LogP contribution in [0.15, 0.2) is 36.5 Å². The number of anilines is 1. The largest absolute Gasteiger partial charge is 0.356 e. The fourth-order valence-corrected chi connectivity index (χ4v) is 4.25. The van der Waals surface area contributed by atoms with Crippen molar-refractivity contribution in [2.45, 2.75) is 52.0 Å². The molecule has 0 bridgehead atoms. The summed E-state index contributed by atoms with van der Waals surface area (Å²) in [5, 5.41) is 11.0. The highest BCUT2D eigenvalue weighted by atomic mass is 35.5. The molecule has 0 aliphatic carbocycles. The van der Waals surface area contributed by atoms with Crippen molar-refractivity contribution in [3.05, 3.63) is 47.1 Å². The topological polar surface area (TPSA) is 79.3 Å². The second-order valence-electron chi connectivity index (χ2n) is 8.44. The molecule has 2 aromatic rings. The van der Waals surface area contributed by atoms with Crippen molar-refractivity contribution < 1.29 is 9.59 Å². The van der Waals surface area contributed by atoms with E-state index in [1.807, 2.05) is 24.3 Å². The summed E-state index contributed by atoms with van der Waals surface area (Å²) in [5.41, 5.74) is 0.938. The van der Waals surface area contributed by atoms with E-state index in [9.17, 15) is 9.59 Å². The van der Waals surface area contributed by atoms with E-state index in [1.54, 1.807) is 16.9 Å². The van der Waals surface area contributed by atoms with Gasteiger partial charge in [-0.15, -0.1) is 0 Å². The molecule has 8 heteroatoms. The number of piperidine rings is 1. The first kappa shape index (κ1) is 24.3. The molecular formula is C24H34ClN5O2. The molecule has 0 spiro atoms. The monoisotopic (exact) mass is 459 g/mol. The summed E-state index contributed by atoms with van der Waals surface area (Å²) < 4.78 is 1.73. The van der Waals surface area contributed by atoms with Gasteiger partial charge in [0.05, 0.1) is 25.2 Å². The van der Waals surface area contributed by atoms with Gasteiger partial charge in [-0.25, -0.2) is 4.68 Å². The number of benzene rings is 1. The Balaban J connectivity index is 1.46. The average molecular weight is 460 g/mol. The van der Waals surface area contributed by atoms with Gasteiger partial charge in [-0.3, -0.25) is 14.5 Å². The van der Waals surface area contributed by atoms with Gasteiger partial charge in [0.15, 0.2) is 0 Å². The molecule has 1 saturated heterocycles. The number of carbonyl (C=O) groups is 2. The number of hydrogen-bond donors (Lipinski definition) is 2. The molecule has 1 atom stereocenters. The normalized spacial score (nSPS) is 16.6. The lowest BCUT2D eigenvalue weighted by atomic mass is 9.97. The SMILES string of the molecule is CCCCCCNC(=O)[C@@H]1CCCN(CC(=O)Nc2ccnn2Cc2ccccc2Cl)C1. The Hall–Kier alpha value is -2.38. The van der Waals surface area contributed by atoms with E-state index in [2.05, 4.69) is 27.6 Å². The van der Waals surface area contributed by atoms with Crippen molar-refractivity contribution in [2.75, 3.05) is 31.5 Å². The highest BCUT2D eigenvalue weighted by Crippen LogP contribution is 2.19. The van der Waals surface area contributed by atoms with Crippen LogP contribution in [-0.4, -0.2) is 52.7 Å². The number of hydrogen-bond acceptors (Lipinski definition) is 4. The molecule has 32 heavy (non-hydrogen) atoms. The molecule has 1 aromatic heterocycles. The van der Waals surface area contributed by atoms with E-state index < -0.39 is 0 Å². The van der Waals surface area contributed by atoms with Crippen LogP contribution in [0.1, 0.15) is 51.0 Å². The van der Waals surface area contributed by atoms with Gasteiger partial charge in [-0.1, -0.05) is 56.0 Å². The zero-order chi connectivity index (χ0) is 22.8. The number of aromatic nitrogens is 2. The van der Waals surface area contributed by atoms with Crippen LogP contribution in [0.5, 0.6) is 0 Å². The molecule has 7 nitrogen and oxygen atoms in total. The molecule has 0 radical (unpaired) electrons. The minimum Gasteiger partial charge on any atom is -0.356 e. The molecule has 2 amide bonds. The van der Waals surface area contributed by atoms with Gasteiger partial charge in [0.2, 0.25) is 11.8 Å². The number of halogens is 1. The smallest absolute Gasteiger partial charge is 0.239 e. The van der Waals surface area contributed by atoms with Gasteiger partial charge in [0, 0.05) is 24.2 Å². The highest BCUT2D eigenvalue weighted by Gasteiger charge is 2.26. The zero-order valence-electron chi connectivity index (χ0n) is 18.9. The van der Waals surface area contributed by atoms with Gasteiger partial charge in [-0.05, 0) is 37.4 Å². The fourth-order valence-electron chi connectivity index (χ4n) is 4.06. The minimum absolute atomic E-state index is 0.0477. The number of nitrogens with one attached hydrogen (secondary N) is 2. The van der Waals surface area contributed by atoms with Gasteiger partial charge in [0.1, 0.15) is 5.82 Å². The van der Waals surface area contributed by atoms with Crippen LogP contribution in [0, 0.1) is 5.92 Å². The second-order valence-corrected chi connectivity index (χ2v) is 8.85. The zero-order valence-corrected chi connectivity index (χ0v) is 19.6. The average Bonchev–Trinajstić information content (AvgIpc) is 3.21. The minimum atomic E-state index is -0.105. The Morgan fingerprint density at radius 1 is 1.19 bits per heavy atom. The summed E-state index contributed by atoms with van der Waals surface area (Å²) in [6.45, 7) is 5.10. The molecule has 3 rings (SSSR count). The van der Waals surface area contributed by atoms with E-state index >= 15 is 0 Å². The van der Waals surface area contributed by atoms with Gasteiger partial charge < -0.3 is 10.6 Å². The second kappa shape index (κ2) is 12.6. The Kier molecular flexibility index (Phi) is 9.56. The van der Waals surface area contributed by atoms with Gasteiger partial charge in [-0.2, -0.15) is 5.10 Å². The molecule has 1 aromatic carbocycles. The van der Waals surface area contributed by atoms with Crippen LogP contribution in [0.4, 0.5) is 5.82 Å². The number of nitrogens with zero attached hydrogens (tertiary/aromatic N) is 3. The summed E-state index contributed by atoms with van der Waals surface area (Å²) in [4.78, 5) is 27.2. The first-order chi connectivity index (χ1) is 15.6. The third-order valence-electron chi connectivity index (χ3n) is 5.84. The van der Waals surface area contributed by atoms with Crippen LogP contribution in [0.2, 0.25) is 5.02 Å². The maximum absolute atomic E-state index is 12.7. The van der Waals surface area contributed by atoms with E-state index in [0.29, 0.717) is 23.9 Å². The number of rotatable bonds is 11. The van der Waals surface area contributed by atoms with E-state index in [1.165, 1.54) is 12.8 Å². The van der Waals surface area contributed by atoms with Crippen molar-refractivity contribution >= 4 is 29.2 Å². The summed E-state index contributed by atoms with van der Waals surface area (Å²) >= 11 is 6.25. The van der Waals surface area contributed by atoms with Crippen molar-refractivity contribution in [1.29, 1.82) is 0 Å². The standard InChI is InChI=1S/C24H34ClN5O2/c1-2-3-4-7-13-26-24(32)20-10-8-15-29(16-20)18-23(31)28-22-12-14-27-30(22)17-19-9-5-6-11-21(19)25/h5-6,9,11-12,14,20H,2-4,7-8,10,13,15-18H2,1H3,(H,26,32)(H,28,31)/t20-/m1/s1. The van der Waals surface area contributed by atoms with Crippen molar-refractivity contribution in [1.82, 2.24) is 20.0 Å². The van der Waals surface area contributed by atoms with Crippen LogP contribution < -0.4 is 10.6 Å². The lowest BCUT2D eigenvalue weighted by molar-refractivity contribution is -0.128. The van der Waals surface area contributed by atoms with Crippen molar-refractivity contribution in [3.63, 3.8) is 0 Å². The molecule has 0 unspecified atom stereocenters. The Labute approximate surface area is 195 Å². The third kappa shape index (κ3) is 7.35. The quantitative estimate of drug-likeness (QED) is 0.499. The summed E-state index contributed by atoms with van der Waals surface area (Å²) in [7, 11) is 0. The molecule has 1 fully saturated rings. The molecule has 0 saturated carbocycles. The summed E-state index contributed by atoms with van der Waals surface area (Å²) in [6, 6.07) is 9.37. The van der Waals surface area contributed by atoms with Crippen LogP contribution in [-0.2, 0) is 16.1 Å². The van der Waals surface area contributed by atoms with Crippen LogP contribution >= 0.6 is 11.6 Å². The van der Waals surface area contributed by atoms with E-state index in [-0.39, 0.29) is 24.3 Å². The molecule has 2 N–H and O–H groups in total.